The number of methoxy groups -OCH3 is 1. The minimum absolute atomic E-state index is 0.0506. The van der Waals surface area contributed by atoms with Crippen molar-refractivity contribution in [3.8, 4) is 0 Å². The van der Waals surface area contributed by atoms with Gasteiger partial charge in [-0.1, -0.05) is 0 Å². The summed E-state index contributed by atoms with van der Waals surface area (Å²) in [6.45, 7) is 2.65. The van der Waals surface area contributed by atoms with Crippen molar-refractivity contribution in [3.63, 3.8) is 0 Å². The van der Waals surface area contributed by atoms with E-state index in [9.17, 15) is 9.59 Å². The van der Waals surface area contributed by atoms with Gasteiger partial charge in [0, 0.05) is 13.6 Å². The molecule has 6 heteroatoms. The Morgan fingerprint density at radius 3 is 2.68 bits per heavy atom. The van der Waals surface area contributed by atoms with E-state index in [0.29, 0.717) is 23.5 Å². The summed E-state index contributed by atoms with van der Waals surface area (Å²) in [5, 5.41) is 2.92. The third-order valence-electron chi connectivity index (χ3n) is 2.80. The maximum Gasteiger partial charge on any atom is 0.337 e. The molecule has 0 fully saturated rings. The van der Waals surface area contributed by atoms with Gasteiger partial charge in [0.25, 0.3) is 0 Å². The van der Waals surface area contributed by atoms with Gasteiger partial charge in [-0.05, 0) is 25.1 Å². The Kier molecular flexibility index (Phi) is 5.17. The lowest BCUT2D eigenvalue weighted by atomic mass is 10.1. The number of esters is 1. The van der Waals surface area contributed by atoms with Crippen molar-refractivity contribution in [1.29, 1.82) is 0 Å². The van der Waals surface area contributed by atoms with E-state index in [0.717, 1.165) is 0 Å². The number of anilines is 2. The molecule has 0 unspecified atom stereocenters. The van der Waals surface area contributed by atoms with Crippen LogP contribution < -0.4 is 11.1 Å². The second kappa shape index (κ2) is 6.63. The number of amides is 1. The van der Waals surface area contributed by atoms with E-state index in [1.807, 2.05) is 6.92 Å². The van der Waals surface area contributed by atoms with Crippen molar-refractivity contribution < 1.29 is 14.3 Å². The molecule has 0 atom stereocenters. The van der Waals surface area contributed by atoms with E-state index >= 15 is 0 Å². The normalized spacial score (nSPS) is 9.84. The van der Waals surface area contributed by atoms with Crippen LogP contribution in [0.25, 0.3) is 0 Å². The van der Waals surface area contributed by atoms with E-state index in [1.165, 1.54) is 7.11 Å². The number of carbonyl (C=O) groups excluding carboxylic acids is 2. The lowest BCUT2D eigenvalue weighted by molar-refractivity contribution is -0.127. The second-order valence-corrected chi connectivity index (χ2v) is 4.06. The summed E-state index contributed by atoms with van der Waals surface area (Å²) >= 11 is 0. The van der Waals surface area contributed by atoms with E-state index in [2.05, 4.69) is 10.1 Å². The zero-order valence-corrected chi connectivity index (χ0v) is 11.4. The minimum atomic E-state index is -0.444. The third kappa shape index (κ3) is 3.87. The predicted octanol–water partition coefficient (Wildman–Crippen LogP) is 0.946. The monoisotopic (exact) mass is 265 g/mol. The van der Waals surface area contributed by atoms with Crippen LogP contribution in [0.1, 0.15) is 17.3 Å². The van der Waals surface area contributed by atoms with Crippen LogP contribution in [0.4, 0.5) is 11.4 Å². The second-order valence-electron chi connectivity index (χ2n) is 4.06. The quantitative estimate of drug-likeness (QED) is 0.611. The number of hydrogen-bond donors (Lipinski definition) is 2. The summed E-state index contributed by atoms with van der Waals surface area (Å²) in [5.74, 6) is -0.495. The Morgan fingerprint density at radius 1 is 1.42 bits per heavy atom. The van der Waals surface area contributed by atoms with Gasteiger partial charge in [-0.3, -0.25) is 4.79 Å². The smallest absolute Gasteiger partial charge is 0.337 e. The van der Waals surface area contributed by atoms with E-state index in [-0.39, 0.29) is 12.5 Å². The van der Waals surface area contributed by atoms with Crippen LogP contribution in [-0.2, 0) is 9.53 Å². The summed E-state index contributed by atoms with van der Waals surface area (Å²) in [5.41, 5.74) is 7.19. The predicted molar refractivity (Wildman–Crippen MR) is 74.0 cm³/mol. The number of carbonyl (C=O) groups is 2. The van der Waals surface area contributed by atoms with Crippen LogP contribution in [0, 0.1) is 0 Å². The Balaban J connectivity index is 2.77. The van der Waals surface area contributed by atoms with Crippen molar-refractivity contribution in [2.45, 2.75) is 6.92 Å². The van der Waals surface area contributed by atoms with Gasteiger partial charge in [0.2, 0.25) is 5.91 Å². The number of benzene rings is 1. The number of nitrogens with one attached hydrogen (secondary N) is 1. The average Bonchev–Trinajstić information content (AvgIpc) is 2.44. The molecule has 1 aromatic rings. The molecule has 0 heterocycles. The van der Waals surface area contributed by atoms with Crippen LogP contribution in [-0.4, -0.2) is 44.0 Å². The van der Waals surface area contributed by atoms with E-state index in [4.69, 9.17) is 5.73 Å². The summed E-state index contributed by atoms with van der Waals surface area (Å²) < 4.78 is 4.63. The molecule has 6 nitrogen and oxygen atoms in total. The van der Waals surface area contributed by atoms with Gasteiger partial charge in [-0.15, -0.1) is 0 Å². The lowest BCUT2D eigenvalue weighted by Crippen LogP contribution is -2.32. The highest BCUT2D eigenvalue weighted by atomic mass is 16.5. The molecule has 0 aliphatic rings. The molecule has 0 radical (unpaired) electrons. The number of likely N-dealkylation sites (N-methyl/N-ethyl adjacent to an activating group) is 1. The zero-order valence-electron chi connectivity index (χ0n) is 11.4. The maximum atomic E-state index is 11.7. The third-order valence-corrected chi connectivity index (χ3v) is 2.80. The molecule has 0 bridgehead atoms. The van der Waals surface area contributed by atoms with Gasteiger partial charge in [-0.25, -0.2) is 4.79 Å². The van der Waals surface area contributed by atoms with Crippen LogP contribution in [0.2, 0.25) is 0 Å². The molecule has 1 rings (SSSR count). The van der Waals surface area contributed by atoms with Crippen molar-refractivity contribution >= 4 is 23.3 Å². The van der Waals surface area contributed by atoms with Gasteiger partial charge in [0.15, 0.2) is 0 Å². The SMILES string of the molecule is CCN(C)C(=O)CNc1cc(C(=O)OC)ccc1N. The summed E-state index contributed by atoms with van der Waals surface area (Å²) in [6.07, 6.45) is 0. The molecule has 0 saturated heterocycles. The first kappa shape index (κ1) is 14.8. The number of nitrogens with two attached hydrogens (primary N) is 1. The first-order valence-corrected chi connectivity index (χ1v) is 5.95. The highest BCUT2D eigenvalue weighted by molar-refractivity contribution is 5.92. The first-order valence-electron chi connectivity index (χ1n) is 5.95. The van der Waals surface area contributed by atoms with Crippen LogP contribution in [0.15, 0.2) is 18.2 Å². The van der Waals surface area contributed by atoms with Gasteiger partial charge in [-0.2, -0.15) is 0 Å². The number of nitrogen functional groups attached to an aromatic ring is 1. The summed E-state index contributed by atoms with van der Waals surface area (Å²) in [7, 11) is 3.03. The molecule has 19 heavy (non-hydrogen) atoms. The fraction of sp³-hybridized carbons (Fsp3) is 0.385. The number of nitrogens with zero attached hydrogens (tertiary/aromatic N) is 1. The molecule has 0 saturated carbocycles. The van der Waals surface area contributed by atoms with Gasteiger partial charge in [0.05, 0.1) is 30.6 Å². The fourth-order valence-electron chi connectivity index (χ4n) is 1.44. The summed E-state index contributed by atoms with van der Waals surface area (Å²) in [6, 6.07) is 4.75. The molecular formula is C13H19N3O3. The molecule has 0 aromatic heterocycles. The topological polar surface area (TPSA) is 84.7 Å². The molecule has 1 aromatic carbocycles. The number of hydrogen-bond acceptors (Lipinski definition) is 5. The van der Waals surface area contributed by atoms with Crippen LogP contribution in [0.5, 0.6) is 0 Å². The minimum Gasteiger partial charge on any atom is -0.465 e. The molecule has 1 amide bonds. The van der Waals surface area contributed by atoms with Gasteiger partial charge in [0.1, 0.15) is 0 Å². The van der Waals surface area contributed by atoms with Crippen LogP contribution >= 0.6 is 0 Å². The van der Waals surface area contributed by atoms with Crippen molar-refractivity contribution in [2.24, 2.45) is 0 Å². The molecule has 0 spiro atoms. The largest absolute Gasteiger partial charge is 0.465 e. The van der Waals surface area contributed by atoms with Crippen LogP contribution in [0.3, 0.4) is 0 Å². The maximum absolute atomic E-state index is 11.7. The molecular weight excluding hydrogens is 246 g/mol. The zero-order chi connectivity index (χ0) is 14.4. The Labute approximate surface area is 112 Å². The highest BCUT2D eigenvalue weighted by Gasteiger charge is 2.10. The van der Waals surface area contributed by atoms with E-state index in [1.54, 1.807) is 30.1 Å². The molecule has 3 N–H and O–H groups in total. The van der Waals surface area contributed by atoms with Gasteiger partial charge < -0.3 is 20.7 Å². The Bertz CT molecular complexity index is 474. The van der Waals surface area contributed by atoms with Crippen molar-refractivity contribution in [3.05, 3.63) is 23.8 Å². The molecule has 0 aliphatic carbocycles. The Morgan fingerprint density at radius 2 is 2.11 bits per heavy atom. The number of ether oxygens (including phenoxy) is 1. The van der Waals surface area contributed by atoms with Crippen molar-refractivity contribution in [1.82, 2.24) is 4.90 Å². The molecule has 104 valence electrons. The Hall–Kier alpha value is -2.24. The lowest BCUT2D eigenvalue weighted by Gasteiger charge is -2.16. The highest BCUT2D eigenvalue weighted by Crippen LogP contribution is 2.20. The van der Waals surface area contributed by atoms with Crippen molar-refractivity contribution in [2.75, 3.05) is 38.3 Å². The first-order chi connectivity index (χ1) is 8.99. The van der Waals surface area contributed by atoms with Gasteiger partial charge >= 0.3 is 5.97 Å². The standard InChI is InChI=1S/C13H19N3O3/c1-4-16(2)12(17)8-15-11-7-9(13(18)19-3)5-6-10(11)14/h5-7,15H,4,8,14H2,1-3H3. The van der Waals surface area contributed by atoms with E-state index < -0.39 is 5.97 Å². The summed E-state index contributed by atoms with van der Waals surface area (Å²) in [4.78, 5) is 24.7. The average molecular weight is 265 g/mol. The number of rotatable bonds is 5. The molecule has 0 aliphatic heterocycles. The fourth-order valence-corrected chi connectivity index (χ4v) is 1.44.